The Labute approximate surface area is 105 Å². The summed E-state index contributed by atoms with van der Waals surface area (Å²) in [7, 11) is 0.559. The molecule has 1 aromatic carbocycles. The summed E-state index contributed by atoms with van der Waals surface area (Å²) in [5.41, 5.74) is -0.927. The molecule has 0 N–H and O–H groups in total. The van der Waals surface area contributed by atoms with Crippen LogP contribution in [0.15, 0.2) is 17.0 Å². The first-order valence-corrected chi connectivity index (χ1v) is 6.62. The Morgan fingerprint density at radius 1 is 1.44 bits per heavy atom. The van der Waals surface area contributed by atoms with Crippen LogP contribution >= 0.6 is 10.7 Å². The van der Waals surface area contributed by atoms with Gasteiger partial charge in [-0.25, -0.2) is 8.42 Å². The number of hydrogen-bond donors (Lipinski definition) is 0. The highest BCUT2D eigenvalue weighted by Crippen LogP contribution is 2.34. The summed E-state index contributed by atoms with van der Waals surface area (Å²) in [6, 6.07) is 1.51. The molecule has 6 nitrogen and oxygen atoms in total. The Kier molecular flexibility index (Phi) is 4.07. The van der Waals surface area contributed by atoms with Crippen LogP contribution in [-0.2, 0) is 9.05 Å². The lowest BCUT2D eigenvalue weighted by Crippen LogP contribution is -2.06. The molecule has 1 rings (SSSR count). The van der Waals surface area contributed by atoms with E-state index in [0.717, 1.165) is 6.07 Å². The largest absolute Gasteiger partial charge is 0.435 e. The van der Waals surface area contributed by atoms with E-state index in [1.54, 1.807) is 0 Å². The second-order valence-electron chi connectivity index (χ2n) is 3.16. The summed E-state index contributed by atoms with van der Waals surface area (Å²) in [4.78, 5) is 8.87. The lowest BCUT2D eigenvalue weighted by atomic mass is 10.2. The van der Waals surface area contributed by atoms with Crippen molar-refractivity contribution in [3.8, 4) is 5.75 Å². The highest BCUT2D eigenvalue weighted by molar-refractivity contribution is 8.13. The molecule has 10 heteroatoms. The predicted molar refractivity (Wildman–Crippen MR) is 57.5 cm³/mol. The van der Waals surface area contributed by atoms with Crippen molar-refractivity contribution >= 4 is 25.4 Å². The lowest BCUT2D eigenvalue weighted by Gasteiger charge is -2.08. The Balaban J connectivity index is 3.53. The SMILES string of the molecule is Cc1cc(OC(F)F)cc(S(=O)(=O)Cl)c1[N+](=O)[O-]. The summed E-state index contributed by atoms with van der Waals surface area (Å²) in [6.45, 7) is -2.00. The average Bonchev–Trinajstić information content (AvgIpc) is 2.12. The number of ether oxygens (including phenoxy) is 1. The number of nitro groups is 1. The second-order valence-corrected chi connectivity index (χ2v) is 5.69. The van der Waals surface area contributed by atoms with E-state index < -0.39 is 36.9 Å². The first-order chi connectivity index (χ1) is 8.12. The zero-order chi connectivity index (χ0) is 14.1. The Hall–Kier alpha value is -1.48. The maximum atomic E-state index is 12.0. The number of hydrogen-bond acceptors (Lipinski definition) is 5. The maximum absolute atomic E-state index is 12.0. The van der Waals surface area contributed by atoms with Gasteiger partial charge in [0.05, 0.1) is 4.92 Å². The number of benzene rings is 1. The van der Waals surface area contributed by atoms with Crippen LogP contribution in [0.3, 0.4) is 0 Å². The van der Waals surface area contributed by atoms with E-state index >= 15 is 0 Å². The molecule has 1 aromatic rings. The zero-order valence-corrected chi connectivity index (χ0v) is 10.3. The van der Waals surface area contributed by atoms with Crippen molar-refractivity contribution in [3.63, 3.8) is 0 Å². The first-order valence-electron chi connectivity index (χ1n) is 4.31. The molecule has 0 aliphatic rings. The lowest BCUT2D eigenvalue weighted by molar-refractivity contribution is -0.388. The van der Waals surface area contributed by atoms with Gasteiger partial charge >= 0.3 is 6.61 Å². The van der Waals surface area contributed by atoms with Crippen molar-refractivity contribution in [1.29, 1.82) is 0 Å². The van der Waals surface area contributed by atoms with E-state index in [1.165, 1.54) is 6.92 Å². The van der Waals surface area contributed by atoms with Gasteiger partial charge in [0.25, 0.3) is 14.7 Å². The normalized spacial score (nSPS) is 11.6. The third-order valence-electron chi connectivity index (χ3n) is 1.91. The van der Waals surface area contributed by atoms with Gasteiger partial charge in [-0.2, -0.15) is 8.78 Å². The van der Waals surface area contributed by atoms with Gasteiger partial charge in [-0.15, -0.1) is 0 Å². The van der Waals surface area contributed by atoms with Gasteiger partial charge in [-0.1, -0.05) is 0 Å². The Bertz CT molecular complexity index is 589. The molecular formula is C8H6ClF2NO5S. The highest BCUT2D eigenvalue weighted by Gasteiger charge is 2.28. The van der Waals surface area contributed by atoms with Gasteiger partial charge in [0, 0.05) is 22.3 Å². The fourth-order valence-electron chi connectivity index (χ4n) is 1.31. The molecule has 100 valence electrons. The quantitative estimate of drug-likeness (QED) is 0.484. The number of aryl methyl sites for hydroxylation is 1. The number of alkyl halides is 2. The predicted octanol–water partition coefficient (Wildman–Crippen LogP) is 2.43. The Morgan fingerprint density at radius 3 is 2.39 bits per heavy atom. The molecule has 0 heterocycles. The summed E-state index contributed by atoms with van der Waals surface area (Å²) in [5.74, 6) is -0.521. The van der Waals surface area contributed by atoms with Crippen molar-refractivity contribution in [2.75, 3.05) is 0 Å². The maximum Gasteiger partial charge on any atom is 0.387 e. The van der Waals surface area contributed by atoms with Crippen molar-refractivity contribution in [3.05, 3.63) is 27.8 Å². The minimum Gasteiger partial charge on any atom is -0.435 e. The molecular weight excluding hydrogens is 296 g/mol. The van der Waals surface area contributed by atoms with Gasteiger partial charge in [0.1, 0.15) is 5.75 Å². The topological polar surface area (TPSA) is 86.5 Å². The van der Waals surface area contributed by atoms with Crippen molar-refractivity contribution < 1.29 is 26.9 Å². The number of nitro benzene ring substituents is 1. The van der Waals surface area contributed by atoms with Gasteiger partial charge in [0.2, 0.25) is 0 Å². The summed E-state index contributed by atoms with van der Waals surface area (Å²) < 4.78 is 50.3. The van der Waals surface area contributed by atoms with Gasteiger partial charge < -0.3 is 4.74 Å². The summed E-state index contributed by atoms with van der Waals surface area (Å²) in [6.07, 6.45) is 0. The van der Waals surface area contributed by atoms with Gasteiger partial charge in [0.15, 0.2) is 4.90 Å². The molecule has 0 saturated carbocycles. The molecule has 18 heavy (non-hydrogen) atoms. The Morgan fingerprint density at radius 2 is 2.00 bits per heavy atom. The van der Waals surface area contributed by atoms with Gasteiger partial charge in [-0.3, -0.25) is 10.1 Å². The second kappa shape index (κ2) is 5.02. The molecule has 0 fully saturated rings. The molecule has 0 atom stereocenters. The highest BCUT2D eigenvalue weighted by atomic mass is 35.7. The van der Waals surface area contributed by atoms with Crippen LogP contribution in [0, 0.1) is 17.0 Å². The molecule has 0 aliphatic carbocycles. The first kappa shape index (κ1) is 14.6. The van der Waals surface area contributed by atoms with Crippen LogP contribution in [0.25, 0.3) is 0 Å². The van der Waals surface area contributed by atoms with E-state index in [0.29, 0.717) is 6.07 Å². The third kappa shape index (κ3) is 3.26. The fraction of sp³-hybridized carbons (Fsp3) is 0.250. The molecule has 0 unspecified atom stereocenters. The number of nitrogens with zero attached hydrogens (tertiary/aromatic N) is 1. The number of halogens is 3. The number of rotatable bonds is 4. The van der Waals surface area contributed by atoms with Crippen LogP contribution in [0.1, 0.15) is 5.56 Å². The van der Waals surface area contributed by atoms with Crippen LogP contribution in [0.4, 0.5) is 14.5 Å². The van der Waals surface area contributed by atoms with Crippen LogP contribution in [-0.4, -0.2) is 20.0 Å². The van der Waals surface area contributed by atoms with Crippen molar-refractivity contribution in [2.24, 2.45) is 0 Å². The minimum absolute atomic E-state index is 0.155. The average molecular weight is 302 g/mol. The van der Waals surface area contributed by atoms with E-state index in [-0.39, 0.29) is 5.56 Å². The standard InChI is InChI=1S/C8H6ClF2NO5S/c1-4-2-5(17-8(10)11)3-6(18(9,15)16)7(4)12(13)14/h2-3,8H,1H3. The van der Waals surface area contributed by atoms with E-state index in [4.69, 9.17) is 10.7 Å². The van der Waals surface area contributed by atoms with Crippen LogP contribution in [0.5, 0.6) is 5.75 Å². The molecule has 0 bridgehead atoms. The molecule has 0 radical (unpaired) electrons. The van der Waals surface area contributed by atoms with Crippen molar-refractivity contribution in [2.45, 2.75) is 18.4 Å². The third-order valence-corrected chi connectivity index (χ3v) is 3.24. The fourth-order valence-corrected chi connectivity index (χ4v) is 2.38. The van der Waals surface area contributed by atoms with Crippen LogP contribution < -0.4 is 4.74 Å². The van der Waals surface area contributed by atoms with E-state index in [9.17, 15) is 27.3 Å². The van der Waals surface area contributed by atoms with E-state index in [1.807, 2.05) is 0 Å². The summed E-state index contributed by atoms with van der Waals surface area (Å²) in [5, 5.41) is 10.7. The summed E-state index contributed by atoms with van der Waals surface area (Å²) >= 11 is 0. The van der Waals surface area contributed by atoms with Crippen molar-refractivity contribution in [1.82, 2.24) is 0 Å². The monoisotopic (exact) mass is 301 g/mol. The minimum atomic E-state index is -4.45. The molecule has 0 saturated heterocycles. The van der Waals surface area contributed by atoms with Gasteiger partial charge in [-0.05, 0) is 13.0 Å². The van der Waals surface area contributed by atoms with E-state index in [2.05, 4.69) is 4.74 Å². The molecule has 0 amide bonds. The smallest absolute Gasteiger partial charge is 0.387 e. The van der Waals surface area contributed by atoms with Crippen LogP contribution in [0.2, 0.25) is 0 Å². The zero-order valence-electron chi connectivity index (χ0n) is 8.76. The molecule has 0 aromatic heterocycles. The molecule has 0 aliphatic heterocycles. The molecule has 0 spiro atoms.